The Morgan fingerprint density at radius 1 is 1.08 bits per heavy atom. The van der Waals surface area contributed by atoms with Gasteiger partial charge in [0.05, 0.1) is 6.61 Å². The quantitative estimate of drug-likeness (QED) is 0.574. The number of carbonyl (C=O) groups excluding carboxylic acids is 1. The molecule has 2 aromatic rings. The number of ketones is 1. The number of carboxylic acids is 1. The van der Waals surface area contributed by atoms with Crippen molar-refractivity contribution in [2.24, 2.45) is 0 Å². The van der Waals surface area contributed by atoms with Crippen molar-refractivity contribution in [3.8, 4) is 5.75 Å². The lowest BCUT2D eigenvalue weighted by molar-refractivity contribution is -0.136. The molecule has 0 heterocycles. The van der Waals surface area contributed by atoms with Crippen LogP contribution in [-0.2, 0) is 4.79 Å². The predicted molar refractivity (Wildman–Crippen MR) is 95.0 cm³/mol. The first-order chi connectivity index (χ1) is 11.5. The van der Waals surface area contributed by atoms with Crippen molar-refractivity contribution in [2.45, 2.75) is 30.4 Å². The lowest BCUT2D eigenvalue weighted by Crippen LogP contribution is -2.20. The molecule has 0 aliphatic heterocycles. The summed E-state index contributed by atoms with van der Waals surface area (Å²) in [7, 11) is 0. The predicted octanol–water partition coefficient (Wildman–Crippen LogP) is 4.21. The Hall–Kier alpha value is -2.27. The normalized spacial score (nSPS) is 11.8. The molecule has 4 nitrogen and oxygen atoms in total. The van der Waals surface area contributed by atoms with Crippen molar-refractivity contribution >= 4 is 23.5 Å². The van der Waals surface area contributed by atoms with Gasteiger partial charge in [-0.3, -0.25) is 9.59 Å². The van der Waals surface area contributed by atoms with E-state index in [1.54, 1.807) is 24.3 Å². The van der Waals surface area contributed by atoms with Crippen LogP contribution in [0.4, 0.5) is 0 Å². The molecule has 0 aromatic heterocycles. The third-order valence-electron chi connectivity index (χ3n) is 3.43. The SMILES string of the molecule is CCOc1ccc(C(=O)C[C@H](Sc2ccc(C)cc2)C(=O)O)cc1. The maximum absolute atomic E-state index is 12.4. The topological polar surface area (TPSA) is 63.6 Å². The molecule has 0 amide bonds. The molecule has 0 fully saturated rings. The first kappa shape index (κ1) is 18.1. The fourth-order valence-electron chi connectivity index (χ4n) is 2.15. The summed E-state index contributed by atoms with van der Waals surface area (Å²) in [6.45, 7) is 4.42. The molecule has 0 radical (unpaired) electrons. The molecule has 0 bridgehead atoms. The average Bonchev–Trinajstić information content (AvgIpc) is 2.57. The Labute approximate surface area is 145 Å². The maximum atomic E-state index is 12.4. The highest BCUT2D eigenvalue weighted by Crippen LogP contribution is 2.27. The summed E-state index contributed by atoms with van der Waals surface area (Å²) >= 11 is 1.19. The van der Waals surface area contributed by atoms with E-state index in [0.29, 0.717) is 17.9 Å². The second kappa shape index (κ2) is 8.55. The number of carbonyl (C=O) groups is 2. The first-order valence-corrected chi connectivity index (χ1v) is 8.59. The van der Waals surface area contributed by atoms with Gasteiger partial charge in [-0.05, 0) is 50.2 Å². The molecule has 0 aliphatic rings. The van der Waals surface area contributed by atoms with E-state index in [-0.39, 0.29) is 12.2 Å². The molecule has 126 valence electrons. The van der Waals surface area contributed by atoms with Crippen molar-refractivity contribution < 1.29 is 19.4 Å². The molecule has 24 heavy (non-hydrogen) atoms. The van der Waals surface area contributed by atoms with E-state index in [4.69, 9.17) is 4.74 Å². The zero-order chi connectivity index (χ0) is 17.5. The average molecular weight is 344 g/mol. The van der Waals surface area contributed by atoms with Gasteiger partial charge in [-0.25, -0.2) is 0 Å². The minimum atomic E-state index is -0.986. The Morgan fingerprint density at radius 3 is 2.25 bits per heavy atom. The van der Waals surface area contributed by atoms with E-state index in [1.165, 1.54) is 11.8 Å². The minimum Gasteiger partial charge on any atom is -0.494 e. The van der Waals surface area contributed by atoms with Crippen LogP contribution in [0.3, 0.4) is 0 Å². The minimum absolute atomic E-state index is 0.0537. The van der Waals surface area contributed by atoms with E-state index in [0.717, 1.165) is 10.5 Å². The molecule has 1 N–H and O–H groups in total. The zero-order valence-corrected chi connectivity index (χ0v) is 14.5. The molecule has 5 heteroatoms. The second-order valence-electron chi connectivity index (χ2n) is 5.34. The molecular weight excluding hydrogens is 324 g/mol. The summed E-state index contributed by atoms with van der Waals surface area (Å²) in [5.74, 6) is -0.484. The van der Waals surface area contributed by atoms with Crippen LogP contribution in [-0.4, -0.2) is 28.7 Å². The van der Waals surface area contributed by atoms with Crippen LogP contribution >= 0.6 is 11.8 Å². The lowest BCUT2D eigenvalue weighted by Gasteiger charge is -2.12. The summed E-state index contributed by atoms with van der Waals surface area (Å²) in [5.41, 5.74) is 1.60. The van der Waals surface area contributed by atoms with Gasteiger partial charge in [-0.1, -0.05) is 17.7 Å². The fourth-order valence-corrected chi connectivity index (χ4v) is 3.11. The van der Waals surface area contributed by atoms with Gasteiger partial charge in [0.1, 0.15) is 11.0 Å². The fraction of sp³-hybridized carbons (Fsp3) is 0.263. The van der Waals surface area contributed by atoms with Crippen LogP contribution in [0, 0.1) is 6.92 Å². The standard InChI is InChI=1S/C19H20O4S/c1-3-23-15-8-6-14(7-9-15)17(20)12-18(19(21)22)24-16-10-4-13(2)5-11-16/h4-11,18H,3,12H2,1-2H3,(H,21,22)/t18-/m0/s1. The van der Waals surface area contributed by atoms with Crippen LogP contribution in [0.15, 0.2) is 53.4 Å². The Kier molecular flexibility index (Phi) is 6.44. The molecule has 2 rings (SSSR count). The van der Waals surface area contributed by atoms with Crippen molar-refractivity contribution in [2.75, 3.05) is 6.61 Å². The molecule has 0 spiro atoms. The van der Waals surface area contributed by atoms with Crippen molar-refractivity contribution in [3.05, 3.63) is 59.7 Å². The highest BCUT2D eigenvalue weighted by Gasteiger charge is 2.23. The van der Waals surface area contributed by atoms with Gasteiger partial charge < -0.3 is 9.84 Å². The number of thioether (sulfide) groups is 1. The third-order valence-corrected chi connectivity index (χ3v) is 4.63. The Bertz CT molecular complexity index is 692. The molecule has 1 atom stereocenters. The lowest BCUT2D eigenvalue weighted by atomic mass is 10.1. The summed E-state index contributed by atoms with van der Waals surface area (Å²) in [4.78, 5) is 24.7. The van der Waals surface area contributed by atoms with Crippen LogP contribution in [0.25, 0.3) is 0 Å². The summed E-state index contributed by atoms with van der Waals surface area (Å²) < 4.78 is 5.34. The van der Waals surface area contributed by atoms with Gasteiger partial charge in [0, 0.05) is 16.9 Å². The Morgan fingerprint density at radius 2 is 1.71 bits per heavy atom. The molecule has 0 unspecified atom stereocenters. The number of hydrogen-bond donors (Lipinski definition) is 1. The van der Waals surface area contributed by atoms with Crippen molar-refractivity contribution in [1.82, 2.24) is 0 Å². The summed E-state index contributed by atoms with van der Waals surface area (Å²) in [6, 6.07) is 14.4. The smallest absolute Gasteiger partial charge is 0.317 e. The summed E-state index contributed by atoms with van der Waals surface area (Å²) in [5, 5.41) is 8.59. The van der Waals surface area contributed by atoms with Crippen LogP contribution in [0.2, 0.25) is 0 Å². The third kappa shape index (κ3) is 5.13. The molecule has 0 saturated heterocycles. The Balaban J connectivity index is 2.05. The van der Waals surface area contributed by atoms with Gasteiger partial charge in [0.15, 0.2) is 5.78 Å². The number of aryl methyl sites for hydroxylation is 1. The largest absolute Gasteiger partial charge is 0.494 e. The van der Waals surface area contributed by atoms with E-state index >= 15 is 0 Å². The molecule has 0 saturated carbocycles. The van der Waals surface area contributed by atoms with Crippen LogP contribution in [0.1, 0.15) is 29.3 Å². The van der Waals surface area contributed by atoms with Gasteiger partial charge in [0.25, 0.3) is 0 Å². The summed E-state index contributed by atoms with van der Waals surface area (Å²) in [6.07, 6.45) is -0.0537. The van der Waals surface area contributed by atoms with E-state index in [1.807, 2.05) is 38.1 Å². The van der Waals surface area contributed by atoms with E-state index < -0.39 is 11.2 Å². The van der Waals surface area contributed by atoms with Gasteiger partial charge in [-0.15, -0.1) is 11.8 Å². The van der Waals surface area contributed by atoms with Crippen LogP contribution in [0.5, 0.6) is 5.75 Å². The zero-order valence-electron chi connectivity index (χ0n) is 13.7. The van der Waals surface area contributed by atoms with Crippen molar-refractivity contribution in [3.63, 3.8) is 0 Å². The van der Waals surface area contributed by atoms with Gasteiger partial charge in [0.2, 0.25) is 0 Å². The maximum Gasteiger partial charge on any atom is 0.317 e. The molecule has 0 aliphatic carbocycles. The number of hydrogen-bond acceptors (Lipinski definition) is 4. The number of benzene rings is 2. The van der Waals surface area contributed by atoms with Gasteiger partial charge in [-0.2, -0.15) is 0 Å². The monoisotopic (exact) mass is 344 g/mol. The molecule has 2 aromatic carbocycles. The van der Waals surface area contributed by atoms with E-state index in [9.17, 15) is 14.7 Å². The van der Waals surface area contributed by atoms with Gasteiger partial charge >= 0.3 is 5.97 Å². The second-order valence-corrected chi connectivity index (χ2v) is 6.62. The number of Topliss-reactive ketones (excluding diaryl/α,β-unsaturated/α-hetero) is 1. The first-order valence-electron chi connectivity index (χ1n) is 7.71. The number of rotatable bonds is 8. The van der Waals surface area contributed by atoms with E-state index in [2.05, 4.69) is 0 Å². The number of carboxylic acid groups (broad SMARTS) is 1. The highest BCUT2D eigenvalue weighted by atomic mass is 32.2. The number of ether oxygens (including phenoxy) is 1. The molecular formula is C19H20O4S. The highest BCUT2D eigenvalue weighted by molar-refractivity contribution is 8.00. The van der Waals surface area contributed by atoms with Crippen LogP contribution < -0.4 is 4.74 Å². The van der Waals surface area contributed by atoms with Crippen molar-refractivity contribution in [1.29, 1.82) is 0 Å². The number of aliphatic carboxylic acids is 1.